The maximum atomic E-state index is 9.97. The van der Waals surface area contributed by atoms with Crippen LogP contribution in [0.5, 0.6) is 11.5 Å². The number of ether oxygens (including phenoxy) is 2. The summed E-state index contributed by atoms with van der Waals surface area (Å²) in [6, 6.07) is 3.15. The fourth-order valence-electron chi connectivity index (χ4n) is 1.81. The largest absolute Gasteiger partial charge is 0.493 e. The second-order valence-electron chi connectivity index (χ2n) is 4.11. The Bertz CT molecular complexity index is 398. The molecule has 0 aliphatic heterocycles. The van der Waals surface area contributed by atoms with Crippen molar-refractivity contribution in [1.29, 1.82) is 0 Å². The van der Waals surface area contributed by atoms with Crippen LogP contribution in [0.3, 0.4) is 0 Å². The lowest BCUT2D eigenvalue weighted by atomic mass is 9.99. The molecule has 1 aromatic carbocycles. The molecule has 2 atom stereocenters. The standard InChI is InChI=1S/C13H20BrNO3/c1-4-5-10(16)13(15)8-6-11(17-2)12(18-3)7-9(8)14/h6-7,10,13,16H,4-5,15H2,1-3H3/t10-,13+/m0/s1. The molecule has 0 fully saturated rings. The number of hydrogen-bond donors (Lipinski definition) is 2. The summed E-state index contributed by atoms with van der Waals surface area (Å²) in [5, 5.41) is 9.97. The van der Waals surface area contributed by atoms with Crippen LogP contribution in [-0.4, -0.2) is 25.4 Å². The maximum absolute atomic E-state index is 9.97. The highest BCUT2D eigenvalue weighted by Crippen LogP contribution is 2.36. The minimum absolute atomic E-state index is 0.445. The molecular weight excluding hydrogens is 298 g/mol. The van der Waals surface area contributed by atoms with Gasteiger partial charge in [0, 0.05) is 4.47 Å². The van der Waals surface area contributed by atoms with Gasteiger partial charge in [0.2, 0.25) is 0 Å². The Balaban J connectivity index is 3.08. The smallest absolute Gasteiger partial charge is 0.161 e. The Hall–Kier alpha value is -0.780. The van der Waals surface area contributed by atoms with Gasteiger partial charge >= 0.3 is 0 Å². The first-order valence-electron chi connectivity index (χ1n) is 5.90. The highest BCUT2D eigenvalue weighted by atomic mass is 79.9. The van der Waals surface area contributed by atoms with E-state index in [4.69, 9.17) is 15.2 Å². The lowest BCUT2D eigenvalue weighted by Gasteiger charge is -2.21. The first-order chi connectivity index (χ1) is 8.54. The van der Waals surface area contributed by atoms with E-state index in [0.29, 0.717) is 17.9 Å². The zero-order valence-electron chi connectivity index (χ0n) is 10.9. The van der Waals surface area contributed by atoms with Crippen LogP contribution in [-0.2, 0) is 0 Å². The van der Waals surface area contributed by atoms with Crippen LogP contribution in [0.4, 0.5) is 0 Å². The fourth-order valence-corrected chi connectivity index (χ4v) is 2.39. The van der Waals surface area contributed by atoms with E-state index in [9.17, 15) is 5.11 Å². The first-order valence-corrected chi connectivity index (χ1v) is 6.69. The van der Waals surface area contributed by atoms with Gasteiger partial charge in [0.05, 0.1) is 26.4 Å². The first kappa shape index (κ1) is 15.3. The van der Waals surface area contributed by atoms with E-state index in [1.165, 1.54) is 0 Å². The summed E-state index contributed by atoms with van der Waals surface area (Å²) in [4.78, 5) is 0. The van der Waals surface area contributed by atoms with E-state index >= 15 is 0 Å². The zero-order valence-corrected chi connectivity index (χ0v) is 12.5. The van der Waals surface area contributed by atoms with Gasteiger partial charge in [0.25, 0.3) is 0 Å². The van der Waals surface area contributed by atoms with Gasteiger partial charge < -0.3 is 20.3 Å². The highest BCUT2D eigenvalue weighted by molar-refractivity contribution is 9.10. The van der Waals surface area contributed by atoms with Crippen LogP contribution in [0.25, 0.3) is 0 Å². The SMILES string of the molecule is CCC[C@H](O)[C@H](N)c1cc(OC)c(OC)cc1Br. The normalized spacial score (nSPS) is 14.1. The second kappa shape index (κ2) is 6.97. The van der Waals surface area contributed by atoms with Crippen molar-refractivity contribution in [2.24, 2.45) is 5.73 Å². The molecule has 4 nitrogen and oxygen atoms in total. The summed E-state index contributed by atoms with van der Waals surface area (Å²) >= 11 is 3.44. The van der Waals surface area contributed by atoms with Gasteiger partial charge in [-0.15, -0.1) is 0 Å². The molecule has 0 aliphatic rings. The third-order valence-electron chi connectivity index (χ3n) is 2.86. The summed E-state index contributed by atoms with van der Waals surface area (Å²) in [6.45, 7) is 2.01. The van der Waals surface area contributed by atoms with Gasteiger partial charge in [0.1, 0.15) is 0 Å². The van der Waals surface area contributed by atoms with E-state index in [1.807, 2.05) is 6.92 Å². The van der Waals surface area contributed by atoms with Crippen molar-refractivity contribution in [3.05, 3.63) is 22.2 Å². The molecule has 5 heteroatoms. The molecule has 0 unspecified atom stereocenters. The van der Waals surface area contributed by atoms with Crippen LogP contribution in [0.15, 0.2) is 16.6 Å². The minimum Gasteiger partial charge on any atom is -0.493 e. The Kier molecular flexibility index (Phi) is 5.91. The van der Waals surface area contributed by atoms with E-state index in [1.54, 1.807) is 26.4 Å². The molecule has 18 heavy (non-hydrogen) atoms. The Labute approximate surface area is 116 Å². The van der Waals surface area contributed by atoms with Gasteiger partial charge in [-0.2, -0.15) is 0 Å². The van der Waals surface area contributed by atoms with Crippen LogP contribution in [0.1, 0.15) is 31.4 Å². The zero-order chi connectivity index (χ0) is 13.7. The van der Waals surface area contributed by atoms with Crippen molar-refractivity contribution < 1.29 is 14.6 Å². The Morgan fingerprint density at radius 2 is 1.83 bits per heavy atom. The highest BCUT2D eigenvalue weighted by Gasteiger charge is 2.20. The number of rotatable bonds is 6. The molecule has 1 rings (SSSR count). The molecule has 0 amide bonds. The van der Waals surface area contributed by atoms with E-state index in [0.717, 1.165) is 16.5 Å². The molecule has 102 valence electrons. The molecule has 0 radical (unpaired) electrons. The van der Waals surface area contributed by atoms with Crippen molar-refractivity contribution in [3.8, 4) is 11.5 Å². The Morgan fingerprint density at radius 3 is 2.33 bits per heavy atom. The summed E-state index contributed by atoms with van der Waals surface area (Å²) in [5.41, 5.74) is 6.88. The topological polar surface area (TPSA) is 64.7 Å². The van der Waals surface area contributed by atoms with Gasteiger partial charge in [0.15, 0.2) is 11.5 Å². The maximum Gasteiger partial charge on any atom is 0.161 e. The van der Waals surface area contributed by atoms with Gasteiger partial charge in [-0.3, -0.25) is 0 Å². The van der Waals surface area contributed by atoms with Crippen LogP contribution < -0.4 is 15.2 Å². The molecule has 0 heterocycles. The molecule has 1 aromatic rings. The molecular formula is C13H20BrNO3. The van der Waals surface area contributed by atoms with Gasteiger partial charge in [-0.1, -0.05) is 29.3 Å². The van der Waals surface area contributed by atoms with E-state index < -0.39 is 12.1 Å². The fraction of sp³-hybridized carbons (Fsp3) is 0.538. The second-order valence-corrected chi connectivity index (χ2v) is 4.96. The van der Waals surface area contributed by atoms with Crippen molar-refractivity contribution in [1.82, 2.24) is 0 Å². The molecule has 0 saturated heterocycles. The predicted octanol–water partition coefficient (Wildman–Crippen LogP) is 2.63. The number of hydrogen-bond acceptors (Lipinski definition) is 4. The number of aliphatic hydroxyl groups is 1. The van der Waals surface area contributed by atoms with Crippen LogP contribution in [0.2, 0.25) is 0 Å². The third kappa shape index (κ3) is 3.37. The Morgan fingerprint density at radius 1 is 1.28 bits per heavy atom. The van der Waals surface area contributed by atoms with Gasteiger partial charge in [-0.05, 0) is 24.1 Å². The van der Waals surface area contributed by atoms with Gasteiger partial charge in [-0.25, -0.2) is 0 Å². The third-order valence-corrected chi connectivity index (χ3v) is 3.55. The molecule has 0 spiro atoms. The lowest BCUT2D eigenvalue weighted by Crippen LogP contribution is -2.26. The summed E-state index contributed by atoms with van der Waals surface area (Å²) in [6.07, 6.45) is 0.992. The van der Waals surface area contributed by atoms with Crippen LogP contribution in [0, 0.1) is 0 Å². The van der Waals surface area contributed by atoms with E-state index in [-0.39, 0.29) is 0 Å². The average Bonchev–Trinajstić information content (AvgIpc) is 2.37. The van der Waals surface area contributed by atoms with Crippen molar-refractivity contribution in [3.63, 3.8) is 0 Å². The number of methoxy groups -OCH3 is 2. The van der Waals surface area contributed by atoms with Crippen molar-refractivity contribution in [2.75, 3.05) is 14.2 Å². The summed E-state index contributed by atoms with van der Waals surface area (Å²) in [5.74, 6) is 1.24. The number of benzene rings is 1. The predicted molar refractivity (Wildman–Crippen MR) is 75.1 cm³/mol. The molecule has 0 bridgehead atoms. The average molecular weight is 318 g/mol. The number of nitrogens with two attached hydrogens (primary N) is 1. The summed E-state index contributed by atoms with van der Waals surface area (Å²) < 4.78 is 11.2. The number of aliphatic hydroxyl groups excluding tert-OH is 1. The molecule has 0 aliphatic carbocycles. The van der Waals surface area contributed by atoms with Crippen molar-refractivity contribution >= 4 is 15.9 Å². The monoisotopic (exact) mass is 317 g/mol. The van der Waals surface area contributed by atoms with E-state index in [2.05, 4.69) is 15.9 Å². The minimum atomic E-state index is -0.565. The van der Waals surface area contributed by atoms with Crippen LogP contribution >= 0.6 is 15.9 Å². The molecule has 0 saturated carbocycles. The van der Waals surface area contributed by atoms with Crippen molar-refractivity contribution in [2.45, 2.75) is 31.9 Å². The number of halogens is 1. The quantitative estimate of drug-likeness (QED) is 0.846. The molecule has 0 aromatic heterocycles. The lowest BCUT2D eigenvalue weighted by molar-refractivity contribution is 0.134. The molecule has 3 N–H and O–H groups in total. The summed E-state index contributed by atoms with van der Waals surface area (Å²) in [7, 11) is 3.15.